The molecule has 0 saturated carbocycles. The molecule has 0 fully saturated rings. The molecule has 0 radical (unpaired) electrons. The largest absolute Gasteiger partial charge is 0.465 e. The van der Waals surface area contributed by atoms with Crippen LogP contribution in [0.5, 0.6) is 0 Å². The summed E-state index contributed by atoms with van der Waals surface area (Å²) in [5, 5.41) is 4.03. The molecule has 0 aromatic carbocycles. The number of esters is 1. The van der Waals surface area contributed by atoms with Crippen LogP contribution in [0.2, 0.25) is 0 Å². The number of anilines is 1. The van der Waals surface area contributed by atoms with Crippen molar-refractivity contribution in [1.82, 2.24) is 9.88 Å². The Bertz CT molecular complexity index is 418. The molecule has 1 aromatic rings. The second-order valence-electron chi connectivity index (χ2n) is 4.78. The molecule has 108 valence electrons. The molecule has 0 spiro atoms. The van der Waals surface area contributed by atoms with Gasteiger partial charge in [-0.3, -0.25) is 0 Å². The van der Waals surface area contributed by atoms with Gasteiger partial charge in [0.1, 0.15) is 4.88 Å². The summed E-state index contributed by atoms with van der Waals surface area (Å²) < 4.78 is 4.71. The Labute approximate surface area is 119 Å². The topological polar surface area (TPSA) is 54.5 Å². The van der Waals surface area contributed by atoms with E-state index in [1.165, 1.54) is 18.4 Å². The number of ether oxygens (including phenoxy) is 1. The second-order valence-corrected chi connectivity index (χ2v) is 5.78. The average molecular weight is 285 g/mol. The first-order valence-corrected chi connectivity index (χ1v) is 7.27. The molecule has 6 heteroatoms. The van der Waals surface area contributed by atoms with Crippen LogP contribution in [0, 0.1) is 6.92 Å². The molecule has 0 aliphatic rings. The summed E-state index contributed by atoms with van der Waals surface area (Å²) in [5.74, 6) is -0.317. The SMILES string of the molecule is COC(=O)c1sc(NCCCN(C)C(C)C)nc1C. The van der Waals surface area contributed by atoms with Crippen LogP contribution in [0.25, 0.3) is 0 Å². The monoisotopic (exact) mass is 285 g/mol. The summed E-state index contributed by atoms with van der Waals surface area (Å²) in [6.45, 7) is 8.07. The van der Waals surface area contributed by atoms with Gasteiger partial charge in [0, 0.05) is 12.6 Å². The number of nitrogens with one attached hydrogen (secondary N) is 1. The standard InChI is InChI=1S/C13H23N3O2S/c1-9(2)16(4)8-6-7-14-13-15-10(3)11(19-13)12(17)18-5/h9H,6-8H2,1-5H3,(H,14,15). The molecule has 1 aromatic heterocycles. The molecular formula is C13H23N3O2S. The van der Waals surface area contributed by atoms with E-state index in [9.17, 15) is 4.79 Å². The lowest BCUT2D eigenvalue weighted by molar-refractivity contribution is 0.0605. The van der Waals surface area contributed by atoms with Crippen LogP contribution in [-0.2, 0) is 4.74 Å². The Morgan fingerprint density at radius 2 is 2.21 bits per heavy atom. The van der Waals surface area contributed by atoms with Crippen molar-refractivity contribution >= 4 is 22.4 Å². The quantitative estimate of drug-likeness (QED) is 0.616. The van der Waals surface area contributed by atoms with E-state index in [1.54, 1.807) is 0 Å². The third kappa shape index (κ3) is 4.80. The maximum Gasteiger partial charge on any atom is 0.350 e. The van der Waals surface area contributed by atoms with Crippen molar-refractivity contribution in [3.8, 4) is 0 Å². The molecule has 1 N–H and O–H groups in total. The first kappa shape index (κ1) is 15.9. The fraction of sp³-hybridized carbons (Fsp3) is 0.692. The molecule has 5 nitrogen and oxygen atoms in total. The molecule has 0 atom stereocenters. The van der Waals surface area contributed by atoms with Crippen molar-refractivity contribution in [2.75, 3.05) is 32.6 Å². The van der Waals surface area contributed by atoms with Crippen LogP contribution in [0.4, 0.5) is 5.13 Å². The zero-order valence-electron chi connectivity index (χ0n) is 12.3. The number of thiazole rings is 1. The summed E-state index contributed by atoms with van der Waals surface area (Å²) in [5.41, 5.74) is 0.721. The fourth-order valence-electron chi connectivity index (χ4n) is 1.54. The first-order chi connectivity index (χ1) is 8.95. The Hall–Kier alpha value is -1.14. The van der Waals surface area contributed by atoms with Gasteiger partial charge in [-0.05, 0) is 40.8 Å². The normalized spacial score (nSPS) is 11.1. The first-order valence-electron chi connectivity index (χ1n) is 6.45. The van der Waals surface area contributed by atoms with Crippen LogP contribution in [0.1, 0.15) is 35.6 Å². The number of carbonyl (C=O) groups excluding carboxylic acids is 1. The Kier molecular flexibility index (Phi) is 6.24. The molecular weight excluding hydrogens is 262 g/mol. The number of methoxy groups -OCH3 is 1. The highest BCUT2D eigenvalue weighted by Gasteiger charge is 2.15. The molecule has 0 amide bonds. The number of carbonyl (C=O) groups is 1. The zero-order valence-corrected chi connectivity index (χ0v) is 13.1. The lowest BCUT2D eigenvalue weighted by atomic mass is 10.3. The maximum absolute atomic E-state index is 11.5. The van der Waals surface area contributed by atoms with Crippen molar-refractivity contribution < 1.29 is 9.53 Å². The second kappa shape index (κ2) is 7.45. The smallest absolute Gasteiger partial charge is 0.350 e. The molecule has 1 heterocycles. The summed E-state index contributed by atoms with van der Waals surface area (Å²) in [6, 6.07) is 0.563. The van der Waals surface area contributed by atoms with Crippen molar-refractivity contribution in [1.29, 1.82) is 0 Å². The number of rotatable bonds is 7. The summed E-state index contributed by atoms with van der Waals surface area (Å²) >= 11 is 1.35. The molecule has 19 heavy (non-hydrogen) atoms. The zero-order chi connectivity index (χ0) is 14.4. The predicted molar refractivity (Wildman–Crippen MR) is 79.1 cm³/mol. The van der Waals surface area contributed by atoms with E-state index in [-0.39, 0.29) is 5.97 Å². The third-order valence-corrected chi connectivity index (χ3v) is 4.11. The van der Waals surface area contributed by atoms with Gasteiger partial charge < -0.3 is 15.0 Å². The maximum atomic E-state index is 11.5. The van der Waals surface area contributed by atoms with E-state index in [1.807, 2.05) is 6.92 Å². The van der Waals surface area contributed by atoms with Gasteiger partial charge in [-0.1, -0.05) is 11.3 Å². The highest BCUT2D eigenvalue weighted by atomic mass is 32.1. The third-order valence-electron chi connectivity index (χ3n) is 3.01. The van der Waals surface area contributed by atoms with Gasteiger partial charge in [0.05, 0.1) is 12.8 Å². The van der Waals surface area contributed by atoms with Crippen molar-refractivity contribution in [2.24, 2.45) is 0 Å². The summed E-state index contributed by atoms with van der Waals surface area (Å²) in [6.07, 6.45) is 1.04. The van der Waals surface area contributed by atoms with Gasteiger partial charge in [0.2, 0.25) is 0 Å². The number of aryl methyl sites for hydroxylation is 1. The molecule has 0 aliphatic heterocycles. The van der Waals surface area contributed by atoms with Gasteiger partial charge in [-0.25, -0.2) is 9.78 Å². The lowest BCUT2D eigenvalue weighted by Crippen LogP contribution is -2.28. The highest BCUT2D eigenvalue weighted by Crippen LogP contribution is 2.23. The molecule has 1 rings (SSSR count). The number of nitrogens with zero attached hydrogens (tertiary/aromatic N) is 2. The molecule has 0 saturated heterocycles. The van der Waals surface area contributed by atoms with E-state index in [0.717, 1.165) is 30.3 Å². The van der Waals surface area contributed by atoms with Gasteiger partial charge >= 0.3 is 5.97 Å². The van der Waals surface area contributed by atoms with Gasteiger partial charge in [-0.15, -0.1) is 0 Å². The Morgan fingerprint density at radius 3 is 2.79 bits per heavy atom. The van der Waals surface area contributed by atoms with Crippen molar-refractivity contribution in [3.05, 3.63) is 10.6 Å². The van der Waals surface area contributed by atoms with Gasteiger partial charge in [-0.2, -0.15) is 0 Å². The number of hydrogen-bond donors (Lipinski definition) is 1. The van der Waals surface area contributed by atoms with E-state index in [0.29, 0.717) is 10.9 Å². The van der Waals surface area contributed by atoms with Crippen LogP contribution < -0.4 is 5.32 Å². The van der Waals surface area contributed by atoms with Crippen LogP contribution >= 0.6 is 11.3 Å². The van der Waals surface area contributed by atoms with Crippen LogP contribution in [0.15, 0.2) is 0 Å². The van der Waals surface area contributed by atoms with Crippen LogP contribution in [0.3, 0.4) is 0 Å². The molecule has 0 bridgehead atoms. The Balaban J connectivity index is 2.40. The molecule has 0 unspecified atom stereocenters. The van der Waals surface area contributed by atoms with Gasteiger partial charge in [0.15, 0.2) is 5.13 Å². The van der Waals surface area contributed by atoms with E-state index in [4.69, 9.17) is 4.74 Å². The van der Waals surface area contributed by atoms with Gasteiger partial charge in [0.25, 0.3) is 0 Å². The van der Waals surface area contributed by atoms with Crippen LogP contribution in [-0.4, -0.2) is 49.1 Å². The van der Waals surface area contributed by atoms with E-state index >= 15 is 0 Å². The van der Waals surface area contributed by atoms with E-state index in [2.05, 4.69) is 36.1 Å². The van der Waals surface area contributed by atoms with E-state index < -0.39 is 0 Å². The highest BCUT2D eigenvalue weighted by molar-refractivity contribution is 7.17. The fourth-order valence-corrected chi connectivity index (χ4v) is 2.45. The average Bonchev–Trinajstić information content (AvgIpc) is 2.74. The number of hydrogen-bond acceptors (Lipinski definition) is 6. The predicted octanol–water partition coefficient (Wildman–Crippen LogP) is 2.38. The minimum absolute atomic E-state index is 0.317. The minimum atomic E-state index is -0.317. The molecule has 0 aliphatic carbocycles. The Morgan fingerprint density at radius 1 is 1.53 bits per heavy atom. The summed E-state index contributed by atoms with van der Waals surface area (Å²) in [7, 11) is 3.50. The number of aromatic nitrogens is 1. The summed E-state index contributed by atoms with van der Waals surface area (Å²) in [4.78, 5) is 18.7. The van der Waals surface area contributed by atoms with Crippen molar-refractivity contribution in [3.63, 3.8) is 0 Å². The van der Waals surface area contributed by atoms with Crippen molar-refractivity contribution in [2.45, 2.75) is 33.2 Å². The lowest BCUT2D eigenvalue weighted by Gasteiger charge is -2.20. The minimum Gasteiger partial charge on any atom is -0.465 e.